The summed E-state index contributed by atoms with van der Waals surface area (Å²) in [5.74, 6) is -1.87. The van der Waals surface area contributed by atoms with E-state index in [9.17, 15) is 29.5 Å². The lowest BCUT2D eigenvalue weighted by molar-refractivity contribution is -0.384. The molecule has 6 unspecified atom stereocenters. The SMILES string of the molecule is C=CCOc1ccc2c(c1)C1C(CCCCO)C(CCCCO)C=C3C(=NOCc4ccccc4)CC(N(Cc4ccc(F)cc4)C(=O)Oc4ccc([N+](=O)[O-])cc4)C(OCC=C)(O2)C31. The number of non-ortho nitro benzene ring substituents is 1. The summed E-state index contributed by atoms with van der Waals surface area (Å²) in [4.78, 5) is 33.6. The van der Waals surface area contributed by atoms with Crippen LogP contribution in [0.25, 0.3) is 0 Å². The van der Waals surface area contributed by atoms with Gasteiger partial charge in [-0.05, 0) is 96.7 Å². The zero-order valence-corrected chi connectivity index (χ0v) is 36.3. The molecule has 1 aliphatic heterocycles. The lowest BCUT2D eigenvalue weighted by Crippen LogP contribution is -2.70. The van der Waals surface area contributed by atoms with Crippen LogP contribution in [0.3, 0.4) is 0 Å². The molecule has 4 aromatic rings. The smallest absolute Gasteiger partial charge is 0.416 e. The third kappa shape index (κ3) is 10.8. The number of halogens is 1. The van der Waals surface area contributed by atoms with Crippen LogP contribution in [0.1, 0.15) is 67.6 Å². The summed E-state index contributed by atoms with van der Waals surface area (Å²) in [6.07, 6.45) is 9.01. The molecule has 4 aromatic carbocycles. The summed E-state index contributed by atoms with van der Waals surface area (Å²) in [5, 5.41) is 36.3. The van der Waals surface area contributed by atoms with Gasteiger partial charge >= 0.3 is 6.09 Å². The van der Waals surface area contributed by atoms with E-state index in [0.29, 0.717) is 35.6 Å². The van der Waals surface area contributed by atoms with Crippen molar-refractivity contribution in [3.63, 3.8) is 0 Å². The molecule has 0 saturated heterocycles. The topological polar surface area (TPSA) is 162 Å². The van der Waals surface area contributed by atoms with E-state index in [1.165, 1.54) is 41.3 Å². The predicted octanol–water partition coefficient (Wildman–Crippen LogP) is 9.83. The highest BCUT2D eigenvalue weighted by molar-refractivity contribution is 6.03. The van der Waals surface area contributed by atoms with Crippen LogP contribution < -0.4 is 14.2 Å². The maximum Gasteiger partial charge on any atom is 0.416 e. The van der Waals surface area contributed by atoms with Crippen LogP contribution in [-0.4, -0.2) is 70.1 Å². The Balaban J connectivity index is 1.45. The Morgan fingerprint density at radius 3 is 2.31 bits per heavy atom. The van der Waals surface area contributed by atoms with Crippen molar-refractivity contribution in [3.8, 4) is 17.2 Å². The van der Waals surface area contributed by atoms with Gasteiger partial charge in [-0.25, -0.2) is 9.18 Å². The van der Waals surface area contributed by atoms with Crippen molar-refractivity contribution in [2.45, 2.75) is 75.8 Å². The van der Waals surface area contributed by atoms with Crippen LogP contribution in [0.5, 0.6) is 17.2 Å². The summed E-state index contributed by atoms with van der Waals surface area (Å²) in [5.41, 5.74) is 3.59. The van der Waals surface area contributed by atoms with Crippen molar-refractivity contribution in [3.05, 3.63) is 167 Å². The quantitative estimate of drug-likeness (QED) is 0.0336. The van der Waals surface area contributed by atoms with Gasteiger partial charge in [0.2, 0.25) is 5.79 Å². The van der Waals surface area contributed by atoms with Crippen LogP contribution in [0, 0.1) is 33.7 Å². The molecule has 7 rings (SSSR count). The number of aliphatic hydroxyl groups is 2. The number of oxime groups is 1. The molecule has 2 N–H and O–H groups in total. The lowest BCUT2D eigenvalue weighted by atomic mass is 9.55. The normalized spacial score (nSPS) is 22.4. The second-order valence-electron chi connectivity index (χ2n) is 16.5. The molecule has 0 aromatic heterocycles. The number of nitro benzene ring substituents is 1. The molecular formula is C51H56FN3O10. The summed E-state index contributed by atoms with van der Waals surface area (Å²) in [7, 11) is 0. The number of hydrogen-bond acceptors (Lipinski definition) is 11. The Morgan fingerprint density at radius 2 is 1.62 bits per heavy atom. The van der Waals surface area contributed by atoms with Crippen LogP contribution in [-0.2, 0) is 22.7 Å². The van der Waals surface area contributed by atoms with Gasteiger partial charge in [0, 0.05) is 49.8 Å². The average Bonchev–Trinajstić information content (AvgIpc) is 3.32. The number of allylic oxidation sites excluding steroid dienone is 1. The average molecular weight is 890 g/mol. The number of nitrogens with zero attached hydrogens (tertiary/aromatic N) is 3. The van der Waals surface area contributed by atoms with Crippen molar-refractivity contribution in [2.24, 2.45) is 22.9 Å². The van der Waals surface area contributed by atoms with Crippen molar-refractivity contribution < 1.29 is 48.1 Å². The molecule has 0 radical (unpaired) electrons. The van der Waals surface area contributed by atoms with E-state index in [1.807, 2.05) is 48.5 Å². The van der Waals surface area contributed by atoms with Gasteiger partial charge in [-0.2, -0.15) is 0 Å². The van der Waals surface area contributed by atoms with Crippen LogP contribution in [0.4, 0.5) is 14.9 Å². The molecule has 342 valence electrons. The summed E-state index contributed by atoms with van der Waals surface area (Å²) < 4.78 is 40.9. The highest BCUT2D eigenvalue weighted by Gasteiger charge is 2.65. The Bertz CT molecular complexity index is 2320. The molecule has 1 saturated carbocycles. The van der Waals surface area contributed by atoms with Gasteiger partial charge < -0.3 is 34.0 Å². The highest BCUT2D eigenvalue weighted by Crippen LogP contribution is 2.62. The Labute approximate surface area is 378 Å². The molecule has 1 amide bonds. The molecule has 1 fully saturated rings. The number of unbranched alkanes of at least 4 members (excludes halogenated alkanes) is 2. The molecular weight excluding hydrogens is 834 g/mol. The number of fused-ring (bicyclic) bond motifs is 2. The number of aliphatic hydroxyl groups excluding tert-OH is 2. The number of carbonyl (C=O) groups excluding carboxylic acids is 1. The van der Waals surface area contributed by atoms with Crippen molar-refractivity contribution in [2.75, 3.05) is 26.4 Å². The Hall–Kier alpha value is -6.35. The molecule has 0 bridgehead atoms. The minimum atomic E-state index is -1.63. The van der Waals surface area contributed by atoms with Gasteiger partial charge in [0.25, 0.3) is 5.69 Å². The number of benzene rings is 4. The molecule has 6 atom stereocenters. The standard InChI is InChI=1S/C51H56FN3O10/c1-3-28-61-41-24-25-46-44(31-41)48-42(15-9-11-27-57)37(14-8-10-26-56)30-43-45(53-63-34-36-12-6-5-7-13-36)32-47(51(65-46,49(43)48)62-29-4-2)54(33-35-16-18-38(52)19-17-35)50(58)64-40-22-20-39(21-23-40)55(59)60/h3-7,12-13,16-25,30-31,37,42,47-49,56-57H,1-2,8-11,14-15,26-29,32-34H2. The van der Waals surface area contributed by atoms with E-state index in [4.69, 9.17) is 28.9 Å². The lowest BCUT2D eigenvalue weighted by Gasteiger charge is -2.59. The third-order valence-electron chi connectivity index (χ3n) is 12.4. The fourth-order valence-electron chi connectivity index (χ4n) is 9.54. The Morgan fingerprint density at radius 1 is 0.908 bits per heavy atom. The maximum atomic E-state index is 15.0. The number of amides is 1. The van der Waals surface area contributed by atoms with Gasteiger partial charge in [0.05, 0.1) is 23.2 Å². The van der Waals surface area contributed by atoms with Gasteiger partial charge in [0.1, 0.15) is 42.3 Å². The number of carbonyl (C=O) groups is 1. The van der Waals surface area contributed by atoms with E-state index in [0.717, 1.165) is 42.4 Å². The first kappa shape index (κ1) is 46.6. The zero-order chi connectivity index (χ0) is 45.8. The van der Waals surface area contributed by atoms with Gasteiger partial charge in [-0.15, -0.1) is 6.58 Å². The molecule has 13 nitrogen and oxygen atoms in total. The largest absolute Gasteiger partial charge is 0.490 e. The molecule has 65 heavy (non-hydrogen) atoms. The number of hydrogen-bond donors (Lipinski definition) is 2. The van der Waals surface area contributed by atoms with E-state index in [1.54, 1.807) is 24.3 Å². The van der Waals surface area contributed by atoms with E-state index >= 15 is 0 Å². The fourth-order valence-corrected chi connectivity index (χ4v) is 9.54. The number of rotatable bonds is 22. The van der Waals surface area contributed by atoms with Crippen molar-refractivity contribution in [1.82, 2.24) is 4.90 Å². The van der Waals surface area contributed by atoms with E-state index in [-0.39, 0.29) is 75.2 Å². The summed E-state index contributed by atoms with van der Waals surface area (Å²) in [6.45, 7) is 8.32. The van der Waals surface area contributed by atoms with Crippen LogP contribution >= 0.6 is 0 Å². The summed E-state index contributed by atoms with van der Waals surface area (Å²) >= 11 is 0. The molecule has 2 aliphatic carbocycles. The van der Waals surface area contributed by atoms with Crippen molar-refractivity contribution >= 4 is 17.5 Å². The molecule has 3 aliphatic rings. The number of nitro groups is 1. The van der Waals surface area contributed by atoms with E-state index < -0.39 is 34.6 Å². The molecule has 0 spiro atoms. The third-order valence-corrected chi connectivity index (χ3v) is 12.4. The minimum Gasteiger partial charge on any atom is -0.490 e. The van der Waals surface area contributed by atoms with Crippen LogP contribution in [0.2, 0.25) is 0 Å². The summed E-state index contributed by atoms with van der Waals surface area (Å²) in [6, 6.07) is 25.4. The monoisotopic (exact) mass is 889 g/mol. The fraction of sp³-hybridized carbons (Fsp3) is 0.373. The highest BCUT2D eigenvalue weighted by atomic mass is 19.1. The molecule has 1 heterocycles. The minimum absolute atomic E-state index is 0.00408. The van der Waals surface area contributed by atoms with Crippen molar-refractivity contribution in [1.29, 1.82) is 0 Å². The maximum absolute atomic E-state index is 15.0. The predicted molar refractivity (Wildman–Crippen MR) is 243 cm³/mol. The van der Waals surface area contributed by atoms with Gasteiger partial charge in [0.15, 0.2) is 0 Å². The first-order valence-corrected chi connectivity index (χ1v) is 22.1. The molecule has 14 heteroatoms. The first-order valence-electron chi connectivity index (χ1n) is 22.1. The Kier molecular flexibility index (Phi) is 15.8. The first-order chi connectivity index (χ1) is 31.7. The number of ether oxygens (including phenoxy) is 4. The van der Waals surface area contributed by atoms with Crippen LogP contribution in [0.15, 0.2) is 139 Å². The van der Waals surface area contributed by atoms with E-state index in [2.05, 4.69) is 19.2 Å². The van der Waals surface area contributed by atoms with Gasteiger partial charge in [-0.3, -0.25) is 15.0 Å². The second kappa shape index (κ2) is 22.0. The zero-order valence-electron chi connectivity index (χ0n) is 36.3. The second-order valence-corrected chi connectivity index (χ2v) is 16.5. The van der Waals surface area contributed by atoms with Gasteiger partial charge in [-0.1, -0.05) is 85.3 Å².